The van der Waals surface area contributed by atoms with Crippen LogP contribution in [-0.4, -0.2) is 44.0 Å². The molecule has 0 radical (unpaired) electrons. The second-order valence-electron chi connectivity index (χ2n) is 2.67. The van der Waals surface area contributed by atoms with Crippen molar-refractivity contribution in [2.24, 2.45) is 5.73 Å². The summed E-state index contributed by atoms with van der Waals surface area (Å²) >= 11 is 0. The van der Waals surface area contributed by atoms with Gasteiger partial charge in [-0.2, -0.15) is 13.2 Å². The van der Waals surface area contributed by atoms with Gasteiger partial charge in [-0.05, 0) is 0 Å². The fourth-order valence-corrected chi connectivity index (χ4v) is 1.54. The number of carboxylic acid groups (broad SMARTS) is 1. The van der Waals surface area contributed by atoms with Gasteiger partial charge in [0.15, 0.2) is 5.75 Å². The van der Waals surface area contributed by atoms with Crippen LogP contribution in [0.25, 0.3) is 0 Å². The Labute approximate surface area is 83.3 Å². The Morgan fingerprint density at radius 3 is 2.27 bits per heavy atom. The highest BCUT2D eigenvalue weighted by Crippen LogP contribution is 2.16. The lowest BCUT2D eigenvalue weighted by molar-refractivity contribution is -0.138. The van der Waals surface area contributed by atoms with Gasteiger partial charge in [-0.25, -0.2) is 13.1 Å². The third-order valence-corrected chi connectivity index (χ3v) is 2.51. The highest BCUT2D eigenvalue weighted by molar-refractivity contribution is 7.89. The zero-order valence-corrected chi connectivity index (χ0v) is 8.10. The number of aliphatic carboxylic acids is 1. The van der Waals surface area contributed by atoms with Crippen LogP contribution >= 0.6 is 0 Å². The van der Waals surface area contributed by atoms with Gasteiger partial charge in [-0.3, -0.25) is 4.79 Å². The molecule has 0 aromatic rings. The van der Waals surface area contributed by atoms with E-state index in [1.165, 1.54) is 4.72 Å². The summed E-state index contributed by atoms with van der Waals surface area (Å²) in [5.74, 6) is -3.57. The molecule has 10 heteroatoms. The lowest BCUT2D eigenvalue weighted by atomic mass is 10.3. The number of alkyl halides is 3. The van der Waals surface area contributed by atoms with E-state index < -0.39 is 40.5 Å². The smallest absolute Gasteiger partial charge is 0.404 e. The molecule has 0 aliphatic rings. The van der Waals surface area contributed by atoms with Gasteiger partial charge in [0.1, 0.15) is 6.04 Å². The number of nitrogens with one attached hydrogen (secondary N) is 1. The average molecular weight is 250 g/mol. The molecule has 15 heavy (non-hydrogen) atoms. The molecule has 0 spiro atoms. The predicted octanol–water partition coefficient (Wildman–Crippen LogP) is -1.12. The molecule has 0 amide bonds. The van der Waals surface area contributed by atoms with Crippen LogP contribution in [0.2, 0.25) is 0 Å². The zero-order valence-electron chi connectivity index (χ0n) is 7.28. The number of sulfonamides is 1. The molecule has 90 valence electrons. The van der Waals surface area contributed by atoms with Gasteiger partial charge in [0, 0.05) is 6.54 Å². The molecule has 0 unspecified atom stereocenters. The first kappa shape index (κ1) is 14.1. The first-order valence-corrected chi connectivity index (χ1v) is 5.21. The molecular formula is C5H9F3N2O4S. The van der Waals surface area contributed by atoms with E-state index in [9.17, 15) is 26.4 Å². The van der Waals surface area contributed by atoms with Gasteiger partial charge >= 0.3 is 12.1 Å². The summed E-state index contributed by atoms with van der Waals surface area (Å²) in [5.41, 5.74) is 4.88. The lowest BCUT2D eigenvalue weighted by Gasteiger charge is -2.10. The summed E-state index contributed by atoms with van der Waals surface area (Å²) in [7, 11) is -4.59. The van der Waals surface area contributed by atoms with Gasteiger partial charge in [0.05, 0.1) is 0 Å². The predicted molar refractivity (Wildman–Crippen MR) is 43.5 cm³/mol. The molecule has 0 bridgehead atoms. The molecule has 0 aromatic carbocycles. The highest BCUT2D eigenvalue weighted by atomic mass is 32.2. The van der Waals surface area contributed by atoms with E-state index in [0.29, 0.717) is 0 Å². The van der Waals surface area contributed by atoms with Crippen LogP contribution < -0.4 is 10.5 Å². The molecule has 0 heterocycles. The van der Waals surface area contributed by atoms with Crippen LogP contribution in [0.5, 0.6) is 0 Å². The van der Waals surface area contributed by atoms with E-state index in [1.807, 2.05) is 0 Å². The minimum absolute atomic E-state index is 0.784. The fourth-order valence-electron chi connectivity index (χ4n) is 0.571. The molecular weight excluding hydrogens is 241 g/mol. The standard InChI is InChI=1S/C5H9F3N2O4S/c6-5(7,8)2-15(13,14)10-1-3(9)4(11)12/h3,10H,1-2,9H2,(H,11,12)/t3-/m0/s1. The maximum absolute atomic E-state index is 11.7. The van der Waals surface area contributed by atoms with Crippen LogP contribution in [0.4, 0.5) is 13.2 Å². The maximum atomic E-state index is 11.7. The molecule has 1 atom stereocenters. The van der Waals surface area contributed by atoms with Gasteiger partial charge in [0.25, 0.3) is 0 Å². The number of nitrogens with two attached hydrogens (primary N) is 1. The van der Waals surface area contributed by atoms with Crippen molar-refractivity contribution in [1.82, 2.24) is 4.72 Å². The van der Waals surface area contributed by atoms with Crippen LogP contribution in [0, 0.1) is 0 Å². The molecule has 6 nitrogen and oxygen atoms in total. The van der Waals surface area contributed by atoms with E-state index in [4.69, 9.17) is 10.8 Å². The van der Waals surface area contributed by atoms with E-state index in [1.54, 1.807) is 0 Å². The summed E-state index contributed by atoms with van der Waals surface area (Å²) < 4.78 is 57.8. The van der Waals surface area contributed by atoms with E-state index in [2.05, 4.69) is 0 Å². The number of hydrogen-bond acceptors (Lipinski definition) is 4. The number of hydrogen-bond donors (Lipinski definition) is 3. The van der Waals surface area contributed by atoms with E-state index in [0.717, 1.165) is 0 Å². The van der Waals surface area contributed by atoms with Crippen molar-refractivity contribution >= 4 is 16.0 Å². The number of halogens is 3. The molecule has 0 aromatic heterocycles. The zero-order chi connectivity index (χ0) is 12.3. The van der Waals surface area contributed by atoms with Gasteiger partial charge < -0.3 is 10.8 Å². The average Bonchev–Trinajstić information content (AvgIpc) is 1.95. The first-order chi connectivity index (χ1) is 6.53. The van der Waals surface area contributed by atoms with Gasteiger partial charge in [0.2, 0.25) is 10.0 Å². The van der Waals surface area contributed by atoms with Crippen molar-refractivity contribution in [3.8, 4) is 0 Å². The number of carbonyl (C=O) groups is 1. The Bertz CT molecular complexity index is 326. The molecule has 4 N–H and O–H groups in total. The number of carboxylic acids is 1. The Hall–Kier alpha value is -0.870. The van der Waals surface area contributed by atoms with Crippen molar-refractivity contribution < 1.29 is 31.5 Å². The number of rotatable bonds is 5. The maximum Gasteiger partial charge on any atom is 0.404 e. The van der Waals surface area contributed by atoms with Crippen molar-refractivity contribution in [3.63, 3.8) is 0 Å². The molecule has 0 aliphatic heterocycles. The van der Waals surface area contributed by atoms with Gasteiger partial charge in [-0.1, -0.05) is 0 Å². The summed E-state index contributed by atoms with van der Waals surface area (Å²) in [5, 5.41) is 8.23. The summed E-state index contributed by atoms with van der Waals surface area (Å²) in [6.45, 7) is -0.784. The van der Waals surface area contributed by atoms with Crippen molar-refractivity contribution in [2.45, 2.75) is 12.2 Å². The minimum Gasteiger partial charge on any atom is -0.480 e. The topological polar surface area (TPSA) is 109 Å². The summed E-state index contributed by atoms with van der Waals surface area (Å²) in [4.78, 5) is 10.1. The van der Waals surface area contributed by atoms with Crippen molar-refractivity contribution in [1.29, 1.82) is 0 Å². The summed E-state index contributed by atoms with van der Waals surface area (Å²) in [6.07, 6.45) is -4.88. The van der Waals surface area contributed by atoms with Crippen molar-refractivity contribution in [3.05, 3.63) is 0 Å². The quantitative estimate of drug-likeness (QED) is 0.572. The minimum atomic E-state index is -4.88. The molecule has 0 aliphatic carbocycles. The Balaban J connectivity index is 4.24. The highest BCUT2D eigenvalue weighted by Gasteiger charge is 2.35. The second-order valence-corrected chi connectivity index (χ2v) is 4.47. The van der Waals surface area contributed by atoms with Crippen LogP contribution in [0.3, 0.4) is 0 Å². The SMILES string of the molecule is N[C@@H](CNS(=O)(=O)CC(F)(F)F)C(=O)O. The van der Waals surface area contributed by atoms with Crippen LogP contribution in [0.15, 0.2) is 0 Å². The van der Waals surface area contributed by atoms with Crippen LogP contribution in [0.1, 0.15) is 0 Å². The third-order valence-electron chi connectivity index (χ3n) is 1.19. The lowest BCUT2D eigenvalue weighted by Crippen LogP contribution is -2.44. The fraction of sp³-hybridized carbons (Fsp3) is 0.800. The summed E-state index contributed by atoms with van der Waals surface area (Å²) in [6, 6.07) is -1.58. The molecule has 0 rings (SSSR count). The Morgan fingerprint density at radius 2 is 1.93 bits per heavy atom. The normalized spacial score (nSPS) is 14.9. The molecule has 0 saturated heterocycles. The molecule has 0 saturated carbocycles. The second kappa shape index (κ2) is 4.77. The van der Waals surface area contributed by atoms with E-state index >= 15 is 0 Å². The monoisotopic (exact) mass is 250 g/mol. The Kier molecular flexibility index (Phi) is 4.49. The van der Waals surface area contributed by atoms with E-state index in [-0.39, 0.29) is 0 Å². The third kappa shape index (κ3) is 7.11. The van der Waals surface area contributed by atoms with Crippen molar-refractivity contribution in [2.75, 3.05) is 12.3 Å². The first-order valence-electron chi connectivity index (χ1n) is 3.56. The van der Waals surface area contributed by atoms with Crippen LogP contribution in [-0.2, 0) is 14.8 Å². The Morgan fingerprint density at radius 1 is 1.47 bits per heavy atom. The molecule has 0 fully saturated rings. The van der Waals surface area contributed by atoms with Gasteiger partial charge in [-0.15, -0.1) is 0 Å². The largest absolute Gasteiger partial charge is 0.480 e.